The van der Waals surface area contributed by atoms with Crippen LogP contribution in [0, 0.1) is 5.41 Å². The Kier molecular flexibility index (Phi) is 3.39. The van der Waals surface area contributed by atoms with Crippen LogP contribution in [0.3, 0.4) is 0 Å². The van der Waals surface area contributed by atoms with E-state index < -0.39 is 0 Å². The molecule has 0 aliphatic rings. The van der Waals surface area contributed by atoms with Gasteiger partial charge in [-0.05, 0) is 13.6 Å². The number of allylic oxidation sites excluding steroid dienone is 1. The predicted octanol–water partition coefficient (Wildman–Crippen LogP) is 1.13. The van der Waals surface area contributed by atoms with Gasteiger partial charge in [-0.15, -0.1) is 0 Å². The molecule has 0 atom stereocenters. The minimum atomic E-state index is 0.483. The number of nitrogens with zero attached hydrogens (tertiary/aromatic N) is 2. The SMILES string of the molecule is C=N/C(=C\C(C)=N)N(C)C. The van der Waals surface area contributed by atoms with Gasteiger partial charge < -0.3 is 10.3 Å². The Hall–Kier alpha value is -1.12. The first kappa shape index (κ1) is 8.88. The molecular formula is C7H13N3. The molecule has 0 aromatic rings. The monoisotopic (exact) mass is 139 g/mol. The third-order valence-corrected chi connectivity index (χ3v) is 0.966. The van der Waals surface area contributed by atoms with E-state index in [9.17, 15) is 0 Å². The summed E-state index contributed by atoms with van der Waals surface area (Å²) >= 11 is 0. The fraction of sp³-hybridized carbons (Fsp3) is 0.429. The van der Waals surface area contributed by atoms with Crippen molar-refractivity contribution in [2.45, 2.75) is 6.92 Å². The van der Waals surface area contributed by atoms with Gasteiger partial charge in [0.05, 0.1) is 0 Å². The highest BCUT2D eigenvalue weighted by Gasteiger charge is 1.93. The van der Waals surface area contributed by atoms with E-state index in [0.717, 1.165) is 0 Å². The zero-order valence-corrected chi connectivity index (χ0v) is 6.68. The molecule has 0 fully saturated rings. The van der Waals surface area contributed by atoms with Gasteiger partial charge in [0, 0.05) is 25.9 Å². The smallest absolute Gasteiger partial charge is 0.129 e. The van der Waals surface area contributed by atoms with Crippen molar-refractivity contribution in [3.05, 3.63) is 11.9 Å². The van der Waals surface area contributed by atoms with Crippen molar-refractivity contribution in [3.8, 4) is 0 Å². The van der Waals surface area contributed by atoms with Gasteiger partial charge in [0.1, 0.15) is 5.82 Å². The topological polar surface area (TPSA) is 39.5 Å². The lowest BCUT2D eigenvalue weighted by molar-refractivity contribution is 0.508. The molecule has 10 heavy (non-hydrogen) atoms. The van der Waals surface area contributed by atoms with E-state index in [-0.39, 0.29) is 0 Å². The van der Waals surface area contributed by atoms with Crippen LogP contribution in [0.25, 0.3) is 0 Å². The van der Waals surface area contributed by atoms with Gasteiger partial charge in [-0.2, -0.15) is 0 Å². The maximum atomic E-state index is 7.13. The van der Waals surface area contributed by atoms with Gasteiger partial charge in [-0.3, -0.25) is 0 Å². The molecule has 0 bridgehead atoms. The normalized spacial score (nSPS) is 10.9. The Morgan fingerprint density at radius 3 is 2.20 bits per heavy atom. The van der Waals surface area contributed by atoms with Crippen molar-refractivity contribution in [2.24, 2.45) is 4.99 Å². The lowest BCUT2D eigenvalue weighted by Gasteiger charge is -2.10. The molecule has 1 N–H and O–H groups in total. The van der Waals surface area contributed by atoms with Crippen LogP contribution in [0.5, 0.6) is 0 Å². The van der Waals surface area contributed by atoms with Crippen molar-refractivity contribution in [1.29, 1.82) is 5.41 Å². The lowest BCUT2D eigenvalue weighted by Crippen LogP contribution is -2.09. The third-order valence-electron chi connectivity index (χ3n) is 0.966. The molecule has 56 valence electrons. The molecule has 0 heterocycles. The summed E-state index contributed by atoms with van der Waals surface area (Å²) in [6, 6.07) is 0. The predicted molar refractivity (Wildman–Crippen MR) is 44.7 cm³/mol. The maximum absolute atomic E-state index is 7.13. The molecule has 0 saturated heterocycles. The fourth-order valence-corrected chi connectivity index (χ4v) is 0.510. The van der Waals surface area contributed by atoms with E-state index in [4.69, 9.17) is 5.41 Å². The van der Waals surface area contributed by atoms with Crippen molar-refractivity contribution >= 4 is 12.4 Å². The highest BCUT2D eigenvalue weighted by Crippen LogP contribution is 1.98. The van der Waals surface area contributed by atoms with Gasteiger partial charge >= 0.3 is 0 Å². The molecule has 0 aliphatic carbocycles. The second kappa shape index (κ2) is 3.82. The van der Waals surface area contributed by atoms with Crippen molar-refractivity contribution in [2.75, 3.05) is 14.1 Å². The van der Waals surface area contributed by atoms with Gasteiger partial charge in [-0.25, -0.2) is 4.99 Å². The van der Waals surface area contributed by atoms with Crippen LogP contribution >= 0.6 is 0 Å². The summed E-state index contributed by atoms with van der Waals surface area (Å²) in [5.74, 6) is 0.715. The molecule has 0 saturated carbocycles. The average Bonchev–Trinajstić information content (AvgIpc) is 1.81. The first-order valence-corrected chi connectivity index (χ1v) is 2.99. The Balaban J connectivity index is 4.33. The van der Waals surface area contributed by atoms with Gasteiger partial charge in [0.25, 0.3) is 0 Å². The van der Waals surface area contributed by atoms with E-state index in [1.54, 1.807) is 13.0 Å². The summed E-state index contributed by atoms with van der Waals surface area (Å²) in [6.45, 7) is 5.08. The fourth-order valence-electron chi connectivity index (χ4n) is 0.510. The first-order chi connectivity index (χ1) is 4.57. The van der Waals surface area contributed by atoms with Crippen LogP contribution in [-0.4, -0.2) is 31.4 Å². The largest absolute Gasteiger partial charge is 0.363 e. The van der Waals surface area contributed by atoms with E-state index in [2.05, 4.69) is 11.7 Å². The summed E-state index contributed by atoms with van der Waals surface area (Å²) in [5.41, 5.74) is 0.483. The van der Waals surface area contributed by atoms with Crippen molar-refractivity contribution in [3.63, 3.8) is 0 Å². The third kappa shape index (κ3) is 3.02. The van der Waals surface area contributed by atoms with E-state index >= 15 is 0 Å². The van der Waals surface area contributed by atoms with E-state index in [1.807, 2.05) is 19.0 Å². The minimum absolute atomic E-state index is 0.483. The number of hydrogen-bond donors (Lipinski definition) is 1. The molecule has 3 nitrogen and oxygen atoms in total. The lowest BCUT2D eigenvalue weighted by atomic mass is 10.4. The van der Waals surface area contributed by atoms with Crippen LogP contribution in [0.2, 0.25) is 0 Å². The summed E-state index contributed by atoms with van der Waals surface area (Å²) in [5, 5.41) is 7.13. The summed E-state index contributed by atoms with van der Waals surface area (Å²) in [7, 11) is 3.73. The second-order valence-corrected chi connectivity index (χ2v) is 2.24. The van der Waals surface area contributed by atoms with Crippen molar-refractivity contribution in [1.82, 2.24) is 4.90 Å². The quantitative estimate of drug-likeness (QED) is 0.585. The molecule has 0 radical (unpaired) electrons. The minimum Gasteiger partial charge on any atom is -0.363 e. The molecule has 0 spiro atoms. The standard InChI is InChI=1S/C7H13N3/c1-6(8)5-7(9-2)10(3)4/h5,8H,2H2,1,3-4H3/b7-5+,8-6?. The molecule has 0 rings (SSSR count). The Morgan fingerprint density at radius 2 is 2.10 bits per heavy atom. The van der Waals surface area contributed by atoms with Gasteiger partial charge in [0.2, 0.25) is 0 Å². The number of aliphatic imine (C=N–C) groups is 1. The summed E-state index contributed by atoms with van der Waals surface area (Å²) in [6.07, 6.45) is 1.66. The van der Waals surface area contributed by atoms with Gasteiger partial charge in [0.15, 0.2) is 0 Å². The zero-order chi connectivity index (χ0) is 8.15. The first-order valence-electron chi connectivity index (χ1n) is 2.99. The summed E-state index contributed by atoms with van der Waals surface area (Å²) in [4.78, 5) is 5.53. The highest BCUT2D eigenvalue weighted by molar-refractivity contribution is 5.90. The molecule has 0 amide bonds. The van der Waals surface area contributed by atoms with E-state index in [1.165, 1.54) is 0 Å². The maximum Gasteiger partial charge on any atom is 0.129 e. The average molecular weight is 139 g/mol. The summed E-state index contributed by atoms with van der Waals surface area (Å²) < 4.78 is 0. The van der Waals surface area contributed by atoms with Gasteiger partial charge in [-0.1, -0.05) is 0 Å². The number of hydrogen-bond acceptors (Lipinski definition) is 3. The second-order valence-electron chi connectivity index (χ2n) is 2.24. The molecule has 0 aliphatic heterocycles. The molecule has 0 unspecified atom stereocenters. The molecule has 0 aromatic carbocycles. The number of rotatable bonds is 3. The highest BCUT2D eigenvalue weighted by atomic mass is 15.2. The van der Waals surface area contributed by atoms with Crippen LogP contribution < -0.4 is 0 Å². The molecule has 0 aromatic heterocycles. The zero-order valence-electron chi connectivity index (χ0n) is 6.68. The van der Waals surface area contributed by atoms with E-state index in [0.29, 0.717) is 11.5 Å². The Morgan fingerprint density at radius 1 is 1.60 bits per heavy atom. The molecular weight excluding hydrogens is 126 g/mol. The van der Waals surface area contributed by atoms with Crippen LogP contribution in [0.4, 0.5) is 0 Å². The van der Waals surface area contributed by atoms with Crippen molar-refractivity contribution < 1.29 is 0 Å². The van der Waals surface area contributed by atoms with Crippen LogP contribution in [0.15, 0.2) is 16.9 Å². The number of nitrogens with one attached hydrogen (secondary N) is 1. The molecule has 3 heteroatoms. The van der Waals surface area contributed by atoms with Crippen LogP contribution in [-0.2, 0) is 0 Å². The Bertz CT molecular complexity index is 168. The Labute approximate surface area is 61.6 Å². The van der Waals surface area contributed by atoms with Crippen LogP contribution in [0.1, 0.15) is 6.92 Å².